The van der Waals surface area contributed by atoms with Gasteiger partial charge in [0.15, 0.2) is 0 Å². The largest absolute Gasteiger partial charge is 0.492 e. The number of likely N-dealkylation sites (N-methyl/N-ethyl adjacent to an activating group) is 1. The quantitative estimate of drug-likeness (QED) is 0.608. The highest BCUT2D eigenvalue weighted by molar-refractivity contribution is 5.33. The van der Waals surface area contributed by atoms with Crippen molar-refractivity contribution in [1.82, 2.24) is 24.7 Å². The van der Waals surface area contributed by atoms with Gasteiger partial charge in [0.05, 0.1) is 13.2 Å². The Bertz CT molecular complexity index is 671. The van der Waals surface area contributed by atoms with Crippen molar-refractivity contribution in [2.45, 2.75) is 20.0 Å². The normalized spacial score (nSPS) is 16.0. The molecule has 1 aliphatic heterocycles. The van der Waals surface area contributed by atoms with E-state index in [1.165, 1.54) is 0 Å². The molecule has 7 heteroatoms. The number of aromatic amines is 1. The van der Waals surface area contributed by atoms with E-state index in [0.29, 0.717) is 26.2 Å². The molecule has 0 bridgehead atoms. The molecule has 2 heterocycles. The molecular weight excluding hydrogens is 354 g/mol. The molecule has 1 saturated heterocycles. The summed E-state index contributed by atoms with van der Waals surface area (Å²) < 4.78 is 6.14. The van der Waals surface area contributed by atoms with E-state index in [0.717, 1.165) is 56.4 Å². The van der Waals surface area contributed by atoms with Gasteiger partial charge in [0.25, 0.3) is 0 Å². The van der Waals surface area contributed by atoms with Gasteiger partial charge in [-0.1, -0.05) is 25.1 Å². The van der Waals surface area contributed by atoms with Crippen molar-refractivity contribution >= 4 is 0 Å². The lowest BCUT2D eigenvalue weighted by Gasteiger charge is -2.33. The molecule has 0 unspecified atom stereocenters. The van der Waals surface area contributed by atoms with Crippen molar-refractivity contribution in [2.24, 2.45) is 0 Å². The fraction of sp³-hybridized carbons (Fsp3) is 0.571. The summed E-state index contributed by atoms with van der Waals surface area (Å²) in [6, 6.07) is 8.19. The van der Waals surface area contributed by atoms with Crippen LogP contribution in [-0.4, -0.2) is 88.8 Å². The highest BCUT2D eigenvalue weighted by atomic mass is 16.5. The number of aliphatic hydroxyl groups excluding tert-OH is 1. The topological polar surface area (TPSA) is 67.9 Å². The fourth-order valence-corrected chi connectivity index (χ4v) is 3.58. The van der Waals surface area contributed by atoms with Crippen LogP contribution in [0.3, 0.4) is 0 Å². The SMILES string of the molecule is CCN1CCN(CCOc2ccccc2CN(CCO)Cc2ncc[nH]2)CC1. The molecule has 28 heavy (non-hydrogen) atoms. The third-order valence-electron chi connectivity index (χ3n) is 5.29. The number of imidazole rings is 1. The van der Waals surface area contributed by atoms with Crippen LogP contribution in [0.5, 0.6) is 5.75 Å². The summed E-state index contributed by atoms with van der Waals surface area (Å²) in [7, 11) is 0. The zero-order valence-electron chi connectivity index (χ0n) is 16.9. The van der Waals surface area contributed by atoms with Crippen molar-refractivity contribution in [3.63, 3.8) is 0 Å². The van der Waals surface area contributed by atoms with Crippen LogP contribution in [0.15, 0.2) is 36.7 Å². The Kier molecular flexibility index (Phi) is 8.29. The summed E-state index contributed by atoms with van der Waals surface area (Å²) >= 11 is 0. The molecule has 0 amide bonds. The summed E-state index contributed by atoms with van der Waals surface area (Å²) in [5.41, 5.74) is 1.14. The summed E-state index contributed by atoms with van der Waals surface area (Å²) in [4.78, 5) is 14.6. The average molecular weight is 388 g/mol. The fourth-order valence-electron chi connectivity index (χ4n) is 3.58. The van der Waals surface area contributed by atoms with Crippen molar-refractivity contribution in [2.75, 3.05) is 59.0 Å². The van der Waals surface area contributed by atoms with Crippen LogP contribution < -0.4 is 4.74 Å². The Balaban J connectivity index is 1.51. The second kappa shape index (κ2) is 11.2. The third-order valence-corrected chi connectivity index (χ3v) is 5.29. The van der Waals surface area contributed by atoms with E-state index in [1.807, 2.05) is 24.4 Å². The van der Waals surface area contributed by atoms with Gasteiger partial charge in [-0.3, -0.25) is 9.80 Å². The standard InChI is InChI=1S/C21H33N5O2/c1-2-24-9-11-25(12-10-24)14-16-28-20-6-4-3-5-19(20)17-26(13-15-27)18-21-22-7-8-23-21/h3-8,27H,2,9-18H2,1H3,(H,22,23). The maximum Gasteiger partial charge on any atom is 0.123 e. The number of H-pyrrole nitrogens is 1. The van der Waals surface area contributed by atoms with Crippen LogP contribution in [0.25, 0.3) is 0 Å². The number of benzene rings is 1. The zero-order chi connectivity index (χ0) is 19.6. The van der Waals surface area contributed by atoms with E-state index >= 15 is 0 Å². The van der Waals surface area contributed by atoms with E-state index in [2.05, 4.69) is 37.7 Å². The monoisotopic (exact) mass is 387 g/mol. The van der Waals surface area contributed by atoms with E-state index < -0.39 is 0 Å². The summed E-state index contributed by atoms with van der Waals surface area (Å²) in [5, 5.41) is 9.42. The van der Waals surface area contributed by atoms with E-state index in [1.54, 1.807) is 6.20 Å². The Hall–Kier alpha value is -1.93. The van der Waals surface area contributed by atoms with Gasteiger partial charge in [0.1, 0.15) is 18.2 Å². The van der Waals surface area contributed by atoms with Gasteiger partial charge >= 0.3 is 0 Å². The van der Waals surface area contributed by atoms with Gasteiger partial charge < -0.3 is 19.7 Å². The molecule has 0 saturated carbocycles. The number of aromatic nitrogens is 2. The lowest BCUT2D eigenvalue weighted by molar-refractivity contribution is 0.120. The molecule has 154 valence electrons. The van der Waals surface area contributed by atoms with Gasteiger partial charge in [0.2, 0.25) is 0 Å². The van der Waals surface area contributed by atoms with Crippen molar-refractivity contribution in [3.05, 3.63) is 48.0 Å². The summed E-state index contributed by atoms with van der Waals surface area (Å²) in [6.45, 7) is 11.6. The molecule has 2 aromatic rings. The van der Waals surface area contributed by atoms with Gasteiger partial charge in [-0.2, -0.15) is 0 Å². The molecule has 2 N–H and O–H groups in total. The minimum Gasteiger partial charge on any atom is -0.492 e. The van der Waals surface area contributed by atoms with Crippen LogP contribution in [0, 0.1) is 0 Å². The van der Waals surface area contributed by atoms with Crippen molar-refractivity contribution in [3.8, 4) is 5.75 Å². The molecule has 1 aromatic carbocycles. The second-order valence-corrected chi connectivity index (χ2v) is 7.20. The van der Waals surface area contributed by atoms with Gasteiger partial charge in [-0.05, 0) is 12.6 Å². The number of nitrogens with one attached hydrogen (secondary N) is 1. The molecule has 0 aliphatic carbocycles. The van der Waals surface area contributed by atoms with E-state index in [9.17, 15) is 5.11 Å². The van der Waals surface area contributed by atoms with Crippen LogP contribution in [-0.2, 0) is 13.1 Å². The molecular formula is C21H33N5O2. The smallest absolute Gasteiger partial charge is 0.123 e. The number of ether oxygens (including phenoxy) is 1. The summed E-state index contributed by atoms with van der Waals surface area (Å²) in [6.07, 6.45) is 3.58. The molecule has 1 aliphatic rings. The predicted molar refractivity (Wildman–Crippen MR) is 110 cm³/mol. The number of piperazine rings is 1. The second-order valence-electron chi connectivity index (χ2n) is 7.20. The van der Waals surface area contributed by atoms with Crippen LogP contribution in [0.1, 0.15) is 18.3 Å². The van der Waals surface area contributed by atoms with Crippen molar-refractivity contribution in [1.29, 1.82) is 0 Å². The van der Waals surface area contributed by atoms with E-state index in [-0.39, 0.29) is 6.61 Å². The first-order chi connectivity index (χ1) is 13.8. The predicted octanol–water partition coefficient (Wildman–Crippen LogP) is 1.42. The first-order valence-corrected chi connectivity index (χ1v) is 10.3. The lowest BCUT2D eigenvalue weighted by Crippen LogP contribution is -2.47. The molecule has 3 rings (SSSR count). The Morgan fingerprint density at radius 3 is 2.64 bits per heavy atom. The van der Waals surface area contributed by atoms with Gasteiger partial charge in [-0.15, -0.1) is 0 Å². The maximum atomic E-state index is 9.42. The molecule has 0 spiro atoms. The minimum atomic E-state index is 0.119. The number of hydrogen-bond acceptors (Lipinski definition) is 6. The molecule has 1 aromatic heterocycles. The highest BCUT2D eigenvalue weighted by Gasteiger charge is 2.16. The van der Waals surface area contributed by atoms with Crippen LogP contribution >= 0.6 is 0 Å². The number of hydrogen-bond donors (Lipinski definition) is 2. The first kappa shape index (κ1) is 20.8. The molecule has 0 atom stereocenters. The maximum absolute atomic E-state index is 9.42. The third kappa shape index (κ3) is 6.31. The molecule has 7 nitrogen and oxygen atoms in total. The van der Waals surface area contributed by atoms with E-state index in [4.69, 9.17) is 4.74 Å². The Morgan fingerprint density at radius 2 is 1.93 bits per heavy atom. The highest BCUT2D eigenvalue weighted by Crippen LogP contribution is 2.20. The number of rotatable bonds is 11. The lowest BCUT2D eigenvalue weighted by atomic mass is 10.2. The van der Waals surface area contributed by atoms with Crippen molar-refractivity contribution < 1.29 is 9.84 Å². The number of aliphatic hydroxyl groups is 1. The number of nitrogens with zero attached hydrogens (tertiary/aromatic N) is 4. The Labute approximate surface area is 167 Å². The zero-order valence-corrected chi connectivity index (χ0v) is 16.9. The number of para-hydroxylation sites is 1. The molecule has 1 fully saturated rings. The first-order valence-electron chi connectivity index (χ1n) is 10.3. The van der Waals surface area contributed by atoms with Crippen LogP contribution in [0.2, 0.25) is 0 Å². The summed E-state index contributed by atoms with van der Waals surface area (Å²) in [5.74, 6) is 1.83. The average Bonchev–Trinajstić information content (AvgIpc) is 3.23. The van der Waals surface area contributed by atoms with Crippen LogP contribution in [0.4, 0.5) is 0 Å². The Morgan fingerprint density at radius 1 is 1.14 bits per heavy atom. The molecule has 0 radical (unpaired) electrons. The van der Waals surface area contributed by atoms with Gasteiger partial charge in [0, 0.05) is 63.8 Å². The minimum absolute atomic E-state index is 0.119. The van der Waals surface area contributed by atoms with Gasteiger partial charge in [-0.25, -0.2) is 4.98 Å².